The van der Waals surface area contributed by atoms with Crippen molar-refractivity contribution in [2.75, 3.05) is 0 Å². The molecule has 4 saturated carbocycles. The van der Waals surface area contributed by atoms with Crippen LogP contribution in [0.25, 0.3) is 0 Å². The minimum absolute atomic E-state index is 0.176. The maximum Gasteiger partial charge on any atom is 0.315 e. The van der Waals surface area contributed by atoms with Gasteiger partial charge in [-0.05, 0) is 56.4 Å². The second kappa shape index (κ2) is 4.12. The van der Waals surface area contributed by atoms with Gasteiger partial charge in [0, 0.05) is 11.8 Å². The predicted octanol–water partition coefficient (Wildman–Crippen LogP) is 1.25. The van der Waals surface area contributed by atoms with Crippen LogP contribution in [0.15, 0.2) is 12.1 Å². The van der Waals surface area contributed by atoms with Gasteiger partial charge in [-0.3, -0.25) is 9.59 Å². The van der Waals surface area contributed by atoms with Gasteiger partial charge < -0.3 is 20.1 Å². The molecule has 0 aromatic carbocycles. The molecule has 1 aliphatic heterocycles. The minimum Gasteiger partial charge on any atom is -0.481 e. The Bertz CT molecular complexity index is 808. The summed E-state index contributed by atoms with van der Waals surface area (Å²) in [6.45, 7) is 1.17. The van der Waals surface area contributed by atoms with Crippen molar-refractivity contribution in [3.8, 4) is 0 Å². The molecule has 1 spiro atoms. The normalized spacial score (nSPS) is 59.6. The number of rotatable bonds is 1. The van der Waals surface area contributed by atoms with E-state index in [-0.39, 0.29) is 18.8 Å². The number of carboxylic acid groups (broad SMARTS) is 1. The van der Waals surface area contributed by atoms with E-state index in [1.54, 1.807) is 6.92 Å². The molecule has 25 heavy (non-hydrogen) atoms. The van der Waals surface area contributed by atoms with Gasteiger partial charge in [0.05, 0.1) is 25.8 Å². The van der Waals surface area contributed by atoms with E-state index in [2.05, 4.69) is 0 Å². The first-order valence-corrected chi connectivity index (χ1v) is 9.06. The highest BCUT2D eigenvalue weighted by atomic mass is 16.6. The SMILES string of the molecule is [2H]C([2H])=C1C[C@]23C[C@@]1(O)CC[C@H]2[C@@]12CC[C@H](O)[C@@](C)(C(=O)O1)[C@H]2[C@@H]3C(=O)O. The van der Waals surface area contributed by atoms with Crippen LogP contribution in [-0.4, -0.2) is 44.6 Å². The quantitative estimate of drug-likeness (QED) is 0.486. The zero-order valence-electron chi connectivity index (χ0n) is 16.1. The number of esters is 1. The van der Waals surface area contributed by atoms with Gasteiger partial charge >= 0.3 is 11.9 Å². The van der Waals surface area contributed by atoms with Crippen molar-refractivity contribution in [1.82, 2.24) is 0 Å². The molecule has 8 atom stereocenters. The largest absolute Gasteiger partial charge is 0.481 e. The Morgan fingerprint density at radius 2 is 2.16 bits per heavy atom. The predicted molar refractivity (Wildman–Crippen MR) is 85.3 cm³/mol. The molecule has 5 fully saturated rings. The lowest BCUT2D eigenvalue weighted by atomic mass is 9.59. The third-order valence-corrected chi connectivity index (χ3v) is 8.43. The number of ether oxygens (including phenoxy) is 1. The summed E-state index contributed by atoms with van der Waals surface area (Å²) >= 11 is 0. The van der Waals surface area contributed by atoms with Crippen LogP contribution in [0.5, 0.6) is 0 Å². The van der Waals surface area contributed by atoms with Crippen LogP contribution in [0.4, 0.5) is 0 Å². The van der Waals surface area contributed by atoms with E-state index in [9.17, 15) is 24.9 Å². The third kappa shape index (κ3) is 1.41. The van der Waals surface area contributed by atoms with Gasteiger partial charge in [0.2, 0.25) is 0 Å². The van der Waals surface area contributed by atoms with E-state index in [0.29, 0.717) is 31.3 Å². The zero-order chi connectivity index (χ0) is 19.6. The Morgan fingerprint density at radius 1 is 1.40 bits per heavy atom. The second-order valence-electron chi connectivity index (χ2n) is 9.16. The van der Waals surface area contributed by atoms with E-state index in [1.165, 1.54) is 0 Å². The van der Waals surface area contributed by atoms with Gasteiger partial charge in [0.15, 0.2) is 0 Å². The Kier molecular flexibility index (Phi) is 2.27. The summed E-state index contributed by atoms with van der Waals surface area (Å²) < 4.78 is 21.5. The highest BCUT2D eigenvalue weighted by Crippen LogP contribution is 2.78. The third-order valence-electron chi connectivity index (χ3n) is 8.43. The molecule has 1 saturated heterocycles. The molecule has 0 radical (unpaired) electrons. The second-order valence-corrected chi connectivity index (χ2v) is 9.16. The van der Waals surface area contributed by atoms with E-state index < -0.39 is 58.4 Å². The van der Waals surface area contributed by atoms with E-state index in [1.807, 2.05) is 0 Å². The number of hydrogen-bond donors (Lipinski definition) is 3. The van der Waals surface area contributed by atoms with Crippen molar-refractivity contribution >= 4 is 11.9 Å². The van der Waals surface area contributed by atoms with Crippen molar-refractivity contribution < 1.29 is 32.4 Å². The first-order valence-electron chi connectivity index (χ1n) is 10.1. The topological polar surface area (TPSA) is 104 Å². The van der Waals surface area contributed by atoms with Gasteiger partial charge in [0.25, 0.3) is 0 Å². The van der Waals surface area contributed by atoms with Crippen LogP contribution in [0.1, 0.15) is 48.2 Å². The molecular weight excluding hydrogens is 324 g/mol. The van der Waals surface area contributed by atoms with Crippen LogP contribution in [0.2, 0.25) is 0 Å². The summed E-state index contributed by atoms with van der Waals surface area (Å²) in [7, 11) is 0. The highest BCUT2D eigenvalue weighted by molar-refractivity contribution is 5.85. The molecule has 6 heteroatoms. The van der Waals surface area contributed by atoms with Crippen molar-refractivity contribution in [2.45, 2.75) is 62.8 Å². The van der Waals surface area contributed by atoms with Crippen molar-refractivity contribution in [3.63, 3.8) is 0 Å². The first-order chi connectivity index (χ1) is 12.5. The van der Waals surface area contributed by atoms with Gasteiger partial charge in [-0.15, -0.1) is 0 Å². The zero-order valence-corrected chi connectivity index (χ0v) is 14.1. The van der Waals surface area contributed by atoms with Crippen molar-refractivity contribution in [2.24, 2.45) is 28.6 Å². The number of carbonyl (C=O) groups excluding carboxylic acids is 1. The molecule has 0 aromatic rings. The van der Waals surface area contributed by atoms with E-state index in [4.69, 9.17) is 7.48 Å². The van der Waals surface area contributed by atoms with Crippen LogP contribution in [-0.2, 0) is 14.3 Å². The van der Waals surface area contributed by atoms with Gasteiger partial charge in [-0.25, -0.2) is 0 Å². The smallest absolute Gasteiger partial charge is 0.315 e. The Morgan fingerprint density at radius 3 is 2.84 bits per heavy atom. The molecule has 5 aliphatic rings. The summed E-state index contributed by atoms with van der Waals surface area (Å²) in [4.78, 5) is 25.3. The average molecular weight is 350 g/mol. The molecule has 1 heterocycles. The summed E-state index contributed by atoms with van der Waals surface area (Å²) in [5.41, 5.74) is -4.08. The highest BCUT2D eigenvalue weighted by Gasteiger charge is 2.84. The lowest BCUT2D eigenvalue weighted by Crippen LogP contribution is -2.53. The minimum atomic E-state index is -1.32. The first kappa shape index (κ1) is 13.8. The number of aliphatic hydroxyl groups is 2. The number of carbonyl (C=O) groups is 2. The van der Waals surface area contributed by atoms with Crippen LogP contribution < -0.4 is 0 Å². The molecule has 3 N–H and O–H groups in total. The van der Waals surface area contributed by atoms with Crippen LogP contribution in [0.3, 0.4) is 0 Å². The Balaban J connectivity index is 1.76. The fraction of sp³-hybridized carbons (Fsp3) is 0.789. The maximum absolute atomic E-state index is 12.8. The number of hydrogen-bond acceptors (Lipinski definition) is 5. The fourth-order valence-electron chi connectivity index (χ4n) is 7.53. The maximum atomic E-state index is 12.8. The molecule has 136 valence electrons. The molecule has 5 rings (SSSR count). The van der Waals surface area contributed by atoms with Gasteiger partial charge in [-0.2, -0.15) is 0 Å². The Labute approximate surface area is 148 Å². The van der Waals surface area contributed by atoms with E-state index in [0.717, 1.165) is 0 Å². The number of aliphatic hydroxyl groups excluding tert-OH is 1. The molecule has 4 bridgehead atoms. The van der Waals surface area contributed by atoms with Crippen molar-refractivity contribution in [3.05, 3.63) is 12.1 Å². The monoisotopic (exact) mass is 350 g/mol. The van der Waals surface area contributed by atoms with Crippen molar-refractivity contribution in [1.29, 1.82) is 0 Å². The molecule has 0 amide bonds. The summed E-state index contributed by atoms with van der Waals surface area (Å²) in [6.07, 6.45) is 1.04. The van der Waals surface area contributed by atoms with Crippen LogP contribution in [0, 0.1) is 28.6 Å². The molecule has 4 aliphatic carbocycles. The number of fused-ring (bicyclic) bond motifs is 1. The lowest BCUT2D eigenvalue weighted by molar-refractivity contribution is -0.164. The van der Waals surface area contributed by atoms with Gasteiger partial charge in [0.1, 0.15) is 5.60 Å². The summed E-state index contributed by atoms with van der Waals surface area (Å²) in [5.74, 6) is -3.43. The Hall–Kier alpha value is -1.40. The average Bonchev–Trinajstić information content (AvgIpc) is 3.02. The standard InChI is InChI=1S/C19H24O6/c1-9-7-17-8-18(9,24)5-3-10(17)19-6-4-11(20)16(2,15(23)25-19)13(19)12(17)14(21)22/h10-13,20,24H,1,3-8H2,2H3,(H,21,22)/t10-,11+,12-,13-,16-,17+,18+,19-/m1/s1/i1D2. The fourth-order valence-corrected chi connectivity index (χ4v) is 7.53. The molecular formula is C19H24O6. The molecule has 0 aromatic heterocycles. The van der Waals surface area contributed by atoms with Crippen LogP contribution >= 0.6 is 0 Å². The number of carboxylic acids is 1. The number of aliphatic carboxylic acids is 1. The lowest BCUT2D eigenvalue weighted by Gasteiger charge is -2.45. The van der Waals surface area contributed by atoms with E-state index >= 15 is 0 Å². The summed E-state index contributed by atoms with van der Waals surface area (Å²) in [5, 5.41) is 32.0. The molecule has 6 nitrogen and oxygen atoms in total. The summed E-state index contributed by atoms with van der Waals surface area (Å²) in [6, 6.07) is 0. The molecule has 0 unspecified atom stereocenters. The van der Waals surface area contributed by atoms with Gasteiger partial charge in [-0.1, -0.05) is 6.53 Å².